The highest BCUT2D eigenvalue weighted by molar-refractivity contribution is 6.04. The van der Waals surface area contributed by atoms with Gasteiger partial charge in [-0.15, -0.1) is 0 Å². The van der Waals surface area contributed by atoms with Crippen LogP contribution in [0.15, 0.2) is 98.1 Å². The molecular weight excluding hydrogens is 1830 g/mol. The summed E-state index contributed by atoms with van der Waals surface area (Å²) in [6.07, 6.45) is 31.6. The Kier molecular flexibility index (Phi) is 31.1. The van der Waals surface area contributed by atoms with Gasteiger partial charge in [0.25, 0.3) is 11.8 Å². The normalized spacial score (nSPS) is 16.7. The van der Waals surface area contributed by atoms with Crippen molar-refractivity contribution in [1.82, 2.24) is 114 Å². The second-order valence-electron chi connectivity index (χ2n) is 40.8. The van der Waals surface area contributed by atoms with E-state index in [0.29, 0.717) is 129 Å². The highest BCUT2D eigenvalue weighted by Crippen LogP contribution is 2.43. The molecule has 0 unspecified atom stereocenters. The van der Waals surface area contributed by atoms with Crippen LogP contribution in [-0.2, 0) is 14.3 Å². The number of Topliss-reactive ketones (excluding diaryl/α,β-unsaturated/α-hetero) is 2. The third kappa shape index (κ3) is 23.3. The SMILES string of the molecule is CC(=O)NNC(=O)c1c(C)c2cnc(Nc3ccc(N4CCN(C(=O)OC(C)(C)C)CC4)cn3)nc2n1C1CCCC1.CC(=O)c1c(C)c2cnc(Nc3ccc(N4CCN(C(=O)OC(C)(C)C)CC4)cn3)nc2n1C1CCCC1.CC(=O)c1c(C)c2cnc(Nc3ccc(N4CCNCC4)cn3)nc2n1C1CCCC1.Cc1c(C(=O)N(C)C)n(C2CCCC2)c2nc(Nc3ccc(N4CCNCC4)cn3)ncc12. The van der Waals surface area contributed by atoms with Crippen molar-refractivity contribution in [3.05, 3.63) is 143 Å². The number of hydrazine groups is 1. The summed E-state index contributed by atoms with van der Waals surface area (Å²) in [4.78, 5) is 157. The average Bonchev–Trinajstić information content (AvgIpc) is 1.62. The number of ether oxygens (including phenoxy) is 2. The van der Waals surface area contributed by atoms with Crippen LogP contribution in [0, 0.1) is 27.7 Å². The van der Waals surface area contributed by atoms with Crippen molar-refractivity contribution in [1.29, 1.82) is 0 Å². The quantitative estimate of drug-likeness (QED) is 0.0259. The first-order valence-electron chi connectivity index (χ1n) is 50.8. The summed E-state index contributed by atoms with van der Waals surface area (Å²) in [7, 11) is 3.60. The van der Waals surface area contributed by atoms with E-state index in [-0.39, 0.29) is 47.5 Å². The predicted molar refractivity (Wildman–Crippen MR) is 559 cm³/mol. The number of nitrogens with one attached hydrogen (secondary N) is 8. The standard InChI is InChI=1S/C29H39N9O4.C28H37N7O3.C24H32N8O.C23H29N7O/c1-18-22-17-31-27(33-25(22)38(20-8-6-7-9-20)24(18)26(40)35-34-19(2)39)32-23-11-10-21(16-30-23)36-12-14-37(15-13-36)28(41)42-29(3,4)5;1-18-22-17-30-26(32-25(22)35(24(18)19(2)36)20-8-6-7-9-20)31-23-11-10-21(16-29-23)33-12-14-34(15-13-33)27(37)38-28(3,4)5;1-16-19-15-27-24(28-20-9-8-18(14-26-20)31-12-10-25-11-13-31)29-22(19)32(17-6-4-5-7-17)21(16)23(33)30(2)3;1-15-19-14-26-23(27-20-8-7-18(13-25-20)29-11-9-24-10-12-29)28-22(19)30(21(15)16(2)31)17-5-3-4-6-17/h10-11,16-17,20H,6-9,12-15H2,1-5H3,(H,34,39)(H,35,40)(H,30,31,32,33);10-11,16-17,20H,6-9,12-15H2,1-5H3,(H,29,30,31,32);8-9,14-15,17,25H,4-7,10-13H2,1-3H3,(H,26,27,28,29);7-8,13-14,17,24H,3-6,9-12H2,1-2H3,(H,25,26,27,28). The summed E-state index contributed by atoms with van der Waals surface area (Å²) < 4.78 is 19.4. The number of rotatable bonds is 20. The number of pyridine rings is 4. The molecule has 4 aliphatic carbocycles. The van der Waals surface area contributed by atoms with E-state index >= 15 is 0 Å². The Morgan fingerprint density at radius 1 is 0.340 bits per heavy atom. The van der Waals surface area contributed by atoms with E-state index in [9.17, 15) is 33.6 Å². The number of aromatic nitrogens is 16. The van der Waals surface area contributed by atoms with Gasteiger partial charge in [-0.05, 0) is 191 Å². The van der Waals surface area contributed by atoms with Crippen LogP contribution in [-0.4, -0.2) is 264 Å². The van der Waals surface area contributed by atoms with Gasteiger partial charge in [0.05, 0.1) is 58.9 Å². The highest BCUT2D eigenvalue weighted by Gasteiger charge is 2.36. The predicted octanol–water partition coefficient (Wildman–Crippen LogP) is 15.8. The topological polar surface area (TPSA) is 431 Å². The fraction of sp³-hybridized carbons (Fsp3) is 0.510. The minimum absolute atomic E-state index is 0.0112. The lowest BCUT2D eigenvalue weighted by Gasteiger charge is -2.36. The Bertz CT molecular complexity index is 6610. The largest absolute Gasteiger partial charge is 0.444 e. The number of aryl methyl sites for hydroxylation is 4. The summed E-state index contributed by atoms with van der Waals surface area (Å²) in [5.74, 6) is 3.89. The summed E-state index contributed by atoms with van der Waals surface area (Å²) in [5, 5.41) is 23.2. The molecule has 0 bridgehead atoms. The lowest BCUT2D eigenvalue weighted by atomic mass is 10.1. The number of carbonyl (C=O) groups excluding carboxylic acids is 7. The Balaban J connectivity index is 0.000000132. The monoisotopic (exact) mass is 1960 g/mol. The lowest BCUT2D eigenvalue weighted by Crippen LogP contribution is -2.50. The van der Waals surface area contributed by atoms with Gasteiger partial charge in [-0.25, -0.2) is 49.5 Å². The molecule has 5 amide bonds. The second-order valence-corrected chi connectivity index (χ2v) is 40.8. The van der Waals surface area contributed by atoms with Crippen LogP contribution in [0.2, 0.25) is 0 Å². The molecule has 40 nitrogen and oxygen atoms in total. The first kappa shape index (κ1) is 101. The van der Waals surface area contributed by atoms with Crippen LogP contribution in [0.1, 0.15) is 253 Å². The number of nitrogens with zero attached hydrogens (tertiary/aromatic N) is 23. The molecule has 0 radical (unpaired) electrons. The number of amides is 5. The number of ketones is 2. The summed E-state index contributed by atoms with van der Waals surface area (Å²) in [6, 6.07) is 16.9. The number of piperazine rings is 4. The van der Waals surface area contributed by atoms with Gasteiger partial charge in [0.1, 0.15) is 68.5 Å². The van der Waals surface area contributed by atoms with Crippen molar-refractivity contribution in [3.63, 3.8) is 0 Å². The molecule has 20 rings (SSSR count). The fourth-order valence-corrected chi connectivity index (χ4v) is 20.9. The maximum absolute atomic E-state index is 13.1. The van der Waals surface area contributed by atoms with Gasteiger partial charge in [0, 0.05) is 210 Å². The Labute approximate surface area is 839 Å². The van der Waals surface area contributed by atoms with Crippen LogP contribution in [0.25, 0.3) is 44.1 Å². The number of fused-ring (bicyclic) bond motifs is 4. The molecule has 0 spiro atoms. The molecule has 8 fully saturated rings. The number of carbonyl (C=O) groups is 7. The van der Waals surface area contributed by atoms with Crippen LogP contribution in [0.4, 0.5) is 79.4 Å². The number of hydrogen-bond donors (Lipinski definition) is 8. The molecule has 4 saturated heterocycles. The molecule has 0 atom stereocenters. The third-order valence-corrected chi connectivity index (χ3v) is 28.1. The third-order valence-electron chi connectivity index (χ3n) is 28.1. The van der Waals surface area contributed by atoms with Crippen LogP contribution >= 0.6 is 0 Å². The van der Waals surface area contributed by atoms with E-state index in [1.54, 1.807) is 61.2 Å². The smallest absolute Gasteiger partial charge is 0.410 e. The molecule has 12 aromatic rings. The van der Waals surface area contributed by atoms with E-state index in [2.05, 4.69) is 128 Å². The maximum Gasteiger partial charge on any atom is 0.410 e. The second kappa shape index (κ2) is 44.3. The van der Waals surface area contributed by atoms with E-state index in [4.69, 9.17) is 29.4 Å². The molecule has 4 saturated carbocycles. The van der Waals surface area contributed by atoms with Crippen LogP contribution < -0.4 is 62.4 Å². The molecule has 762 valence electrons. The maximum atomic E-state index is 13.1. The zero-order chi connectivity index (χ0) is 101. The Morgan fingerprint density at radius 3 is 0.861 bits per heavy atom. The molecule has 16 heterocycles. The van der Waals surface area contributed by atoms with E-state index in [0.717, 1.165) is 217 Å². The van der Waals surface area contributed by atoms with Crippen LogP contribution in [0.3, 0.4) is 0 Å². The summed E-state index contributed by atoms with van der Waals surface area (Å²) in [5.41, 5.74) is 17.6. The Morgan fingerprint density at radius 2 is 0.604 bits per heavy atom. The molecule has 40 heteroatoms. The number of anilines is 12. The minimum Gasteiger partial charge on any atom is -0.444 e. The van der Waals surface area contributed by atoms with Gasteiger partial charge < -0.3 is 93.9 Å². The average molecular weight is 1970 g/mol. The molecule has 144 heavy (non-hydrogen) atoms. The van der Waals surface area contributed by atoms with Crippen molar-refractivity contribution in [3.8, 4) is 0 Å². The van der Waals surface area contributed by atoms with Gasteiger partial charge in [0.15, 0.2) is 11.6 Å². The molecule has 8 aliphatic rings. The first-order valence-corrected chi connectivity index (χ1v) is 50.8. The van der Waals surface area contributed by atoms with Crippen LogP contribution in [0.5, 0.6) is 0 Å². The lowest BCUT2D eigenvalue weighted by molar-refractivity contribution is -0.119. The Hall–Kier alpha value is -14.3. The van der Waals surface area contributed by atoms with Crippen molar-refractivity contribution in [2.24, 2.45) is 0 Å². The fourth-order valence-electron chi connectivity index (χ4n) is 20.9. The molecule has 0 aromatic carbocycles. The van der Waals surface area contributed by atoms with E-state index in [1.165, 1.54) is 45.4 Å². The minimum atomic E-state index is -0.516. The molecule has 4 aliphatic heterocycles. The highest BCUT2D eigenvalue weighted by atomic mass is 16.6. The van der Waals surface area contributed by atoms with Gasteiger partial charge in [-0.3, -0.25) is 34.8 Å². The molecular formula is C104H137N31O9. The van der Waals surface area contributed by atoms with Crippen molar-refractivity contribution < 1.29 is 43.0 Å². The van der Waals surface area contributed by atoms with Gasteiger partial charge in [-0.2, -0.15) is 19.9 Å². The zero-order valence-corrected chi connectivity index (χ0v) is 85.6. The molecule has 12 aromatic heterocycles. The van der Waals surface area contributed by atoms with Crippen molar-refractivity contribution in [2.45, 2.75) is 228 Å². The first-order chi connectivity index (χ1) is 69.2. The van der Waals surface area contributed by atoms with Crippen molar-refractivity contribution in [2.75, 3.05) is 160 Å². The van der Waals surface area contributed by atoms with Gasteiger partial charge in [0.2, 0.25) is 29.7 Å². The van der Waals surface area contributed by atoms with E-state index < -0.39 is 11.2 Å². The van der Waals surface area contributed by atoms with Gasteiger partial charge in [-0.1, -0.05) is 51.4 Å². The summed E-state index contributed by atoms with van der Waals surface area (Å²) >= 11 is 0. The van der Waals surface area contributed by atoms with Gasteiger partial charge >= 0.3 is 12.2 Å². The van der Waals surface area contributed by atoms with Crippen molar-refractivity contribution >= 4 is 155 Å². The van der Waals surface area contributed by atoms with E-state index in [1.807, 2.05) is 141 Å². The number of hydrogen-bond acceptors (Lipinski definition) is 31. The zero-order valence-electron chi connectivity index (χ0n) is 85.6. The molecule has 8 N–H and O–H groups in total. The summed E-state index contributed by atoms with van der Waals surface area (Å²) in [6.45, 7) is 36.8.